The first-order chi connectivity index (χ1) is 16.2. The highest BCUT2D eigenvalue weighted by Crippen LogP contribution is 2.31. The van der Waals surface area contributed by atoms with E-state index in [2.05, 4.69) is 0 Å². The Morgan fingerprint density at radius 3 is 2.38 bits per heavy atom. The largest absolute Gasteiger partial charge is 0.489 e. The molecule has 0 aliphatic carbocycles. The standard InChI is InChI=1S/C25H21FN2O5S/c1-16-22(24(29)28(25(30)23(16)13-27)20-10-11-34(31,32)15-20)12-17-4-8-21(9-5-17)33-14-18-2-6-19(26)7-3-18/h2-9,12,20H,10-11,14-15H2,1H3/b22-12+. The number of nitriles is 1. The first kappa shape index (κ1) is 23.4. The number of hydrogen-bond acceptors (Lipinski definition) is 6. The molecule has 174 valence electrons. The van der Waals surface area contributed by atoms with E-state index in [0.717, 1.165) is 10.5 Å². The molecular formula is C25H21FN2O5S. The van der Waals surface area contributed by atoms with Crippen molar-refractivity contribution in [2.45, 2.75) is 26.0 Å². The zero-order valence-corrected chi connectivity index (χ0v) is 19.1. The Hall–Kier alpha value is -3.77. The molecule has 9 heteroatoms. The van der Waals surface area contributed by atoms with Crippen LogP contribution in [0.15, 0.2) is 65.3 Å². The monoisotopic (exact) mass is 480 g/mol. The molecule has 1 fully saturated rings. The van der Waals surface area contributed by atoms with Crippen molar-refractivity contribution in [3.8, 4) is 11.8 Å². The molecule has 2 aliphatic rings. The lowest BCUT2D eigenvalue weighted by atomic mass is 9.92. The highest BCUT2D eigenvalue weighted by atomic mass is 32.2. The topological polar surface area (TPSA) is 105 Å². The van der Waals surface area contributed by atoms with Crippen molar-refractivity contribution in [3.63, 3.8) is 0 Å². The highest BCUT2D eigenvalue weighted by Gasteiger charge is 2.43. The summed E-state index contributed by atoms with van der Waals surface area (Å²) in [6.45, 7) is 1.79. The van der Waals surface area contributed by atoms with Crippen molar-refractivity contribution >= 4 is 27.7 Å². The van der Waals surface area contributed by atoms with Crippen LogP contribution in [0.1, 0.15) is 24.5 Å². The fraction of sp³-hybridized carbons (Fsp3) is 0.240. The molecule has 2 aromatic carbocycles. The molecule has 0 N–H and O–H groups in total. The van der Waals surface area contributed by atoms with Crippen LogP contribution in [0.2, 0.25) is 0 Å². The molecule has 2 aliphatic heterocycles. The Morgan fingerprint density at radius 2 is 1.79 bits per heavy atom. The lowest BCUT2D eigenvalue weighted by Crippen LogP contribution is -2.49. The summed E-state index contributed by atoms with van der Waals surface area (Å²) in [5.41, 5.74) is 1.70. The van der Waals surface area contributed by atoms with E-state index in [1.165, 1.54) is 19.1 Å². The second-order valence-electron chi connectivity index (χ2n) is 8.19. The normalized spacial score (nSPS) is 21.1. The number of amides is 2. The van der Waals surface area contributed by atoms with Crippen LogP contribution in [-0.4, -0.2) is 42.7 Å². The summed E-state index contributed by atoms with van der Waals surface area (Å²) in [6.07, 6.45) is 1.73. The number of benzene rings is 2. The summed E-state index contributed by atoms with van der Waals surface area (Å²) in [5.74, 6) is -1.52. The van der Waals surface area contributed by atoms with Crippen molar-refractivity contribution in [2.75, 3.05) is 11.5 Å². The second-order valence-corrected chi connectivity index (χ2v) is 10.4. The van der Waals surface area contributed by atoms with E-state index < -0.39 is 27.7 Å². The SMILES string of the molecule is CC1=C(C#N)C(=O)N(C2CCS(=O)(=O)C2)C(=O)/C1=C/c1ccc(OCc2ccc(F)cc2)cc1. The lowest BCUT2D eigenvalue weighted by molar-refractivity contribution is -0.142. The van der Waals surface area contributed by atoms with Crippen molar-refractivity contribution in [1.29, 1.82) is 5.26 Å². The van der Waals surface area contributed by atoms with Gasteiger partial charge in [-0.2, -0.15) is 5.26 Å². The van der Waals surface area contributed by atoms with Crippen LogP contribution < -0.4 is 4.74 Å². The number of imide groups is 1. The van der Waals surface area contributed by atoms with Crippen LogP contribution in [0.3, 0.4) is 0 Å². The van der Waals surface area contributed by atoms with E-state index in [1.807, 2.05) is 6.07 Å². The average Bonchev–Trinajstić information content (AvgIpc) is 3.16. The number of carbonyl (C=O) groups excluding carboxylic acids is 2. The molecule has 2 heterocycles. The number of nitrogens with zero attached hydrogens (tertiary/aromatic N) is 2. The Balaban J connectivity index is 1.57. The van der Waals surface area contributed by atoms with Crippen LogP contribution in [0.25, 0.3) is 6.08 Å². The maximum Gasteiger partial charge on any atom is 0.271 e. The highest BCUT2D eigenvalue weighted by molar-refractivity contribution is 7.91. The van der Waals surface area contributed by atoms with Gasteiger partial charge < -0.3 is 4.74 Å². The van der Waals surface area contributed by atoms with E-state index in [0.29, 0.717) is 11.3 Å². The third-order valence-electron chi connectivity index (χ3n) is 5.86. The van der Waals surface area contributed by atoms with Crippen molar-refractivity contribution in [1.82, 2.24) is 4.90 Å². The van der Waals surface area contributed by atoms with Gasteiger partial charge in [0.2, 0.25) is 0 Å². The van der Waals surface area contributed by atoms with Gasteiger partial charge in [0.05, 0.1) is 17.5 Å². The van der Waals surface area contributed by atoms with E-state index in [9.17, 15) is 27.7 Å². The van der Waals surface area contributed by atoms with Crippen molar-refractivity contribution in [3.05, 3.63) is 82.2 Å². The first-order valence-electron chi connectivity index (χ1n) is 10.6. The van der Waals surface area contributed by atoms with E-state index >= 15 is 0 Å². The summed E-state index contributed by atoms with van der Waals surface area (Å²) in [4.78, 5) is 26.9. The van der Waals surface area contributed by atoms with Gasteiger partial charge in [-0.05, 0) is 60.4 Å². The van der Waals surface area contributed by atoms with Crippen LogP contribution in [0, 0.1) is 17.1 Å². The molecule has 2 amide bonds. The van der Waals surface area contributed by atoms with Gasteiger partial charge >= 0.3 is 0 Å². The molecule has 0 spiro atoms. The molecule has 4 rings (SSSR count). The van der Waals surface area contributed by atoms with Crippen LogP contribution in [-0.2, 0) is 26.0 Å². The number of halogens is 1. The fourth-order valence-electron chi connectivity index (χ4n) is 3.98. The first-order valence-corrected chi connectivity index (χ1v) is 12.4. The Labute approximate surface area is 196 Å². The molecule has 1 unspecified atom stereocenters. The fourth-order valence-corrected chi connectivity index (χ4v) is 5.68. The summed E-state index contributed by atoms with van der Waals surface area (Å²) >= 11 is 0. The molecule has 34 heavy (non-hydrogen) atoms. The Kier molecular flexibility index (Phi) is 6.35. The lowest BCUT2D eigenvalue weighted by Gasteiger charge is -2.31. The van der Waals surface area contributed by atoms with Crippen LogP contribution in [0.4, 0.5) is 4.39 Å². The smallest absolute Gasteiger partial charge is 0.271 e. The third-order valence-corrected chi connectivity index (χ3v) is 7.61. The summed E-state index contributed by atoms with van der Waals surface area (Å²) in [5, 5.41) is 9.52. The van der Waals surface area contributed by atoms with Crippen LogP contribution >= 0.6 is 0 Å². The molecular weight excluding hydrogens is 459 g/mol. The Bertz CT molecular complexity index is 1350. The summed E-state index contributed by atoms with van der Waals surface area (Å²) in [6, 6.07) is 13.9. The van der Waals surface area contributed by atoms with Gasteiger partial charge in [-0.15, -0.1) is 0 Å². The van der Waals surface area contributed by atoms with Crippen molar-refractivity contribution in [2.24, 2.45) is 0 Å². The quantitative estimate of drug-likeness (QED) is 0.481. The number of sulfone groups is 1. The van der Waals surface area contributed by atoms with Gasteiger partial charge in [0, 0.05) is 5.57 Å². The maximum atomic E-state index is 13.2. The second kappa shape index (κ2) is 9.23. The predicted molar refractivity (Wildman–Crippen MR) is 122 cm³/mol. The number of hydrogen-bond donors (Lipinski definition) is 0. The van der Waals surface area contributed by atoms with Gasteiger partial charge in [0.15, 0.2) is 9.84 Å². The molecule has 1 atom stereocenters. The number of carbonyl (C=O) groups is 2. The van der Waals surface area contributed by atoms with Gasteiger partial charge in [-0.25, -0.2) is 12.8 Å². The van der Waals surface area contributed by atoms with E-state index in [4.69, 9.17) is 4.74 Å². The molecule has 0 saturated carbocycles. The van der Waals surface area contributed by atoms with Gasteiger partial charge in [0.25, 0.3) is 11.8 Å². The zero-order chi connectivity index (χ0) is 24.5. The molecule has 0 radical (unpaired) electrons. The minimum absolute atomic E-state index is 0.0995. The zero-order valence-electron chi connectivity index (χ0n) is 18.3. The third kappa shape index (κ3) is 4.77. The van der Waals surface area contributed by atoms with Crippen molar-refractivity contribution < 1.29 is 27.1 Å². The van der Waals surface area contributed by atoms with Crippen LogP contribution in [0.5, 0.6) is 5.75 Å². The molecule has 1 saturated heterocycles. The van der Waals surface area contributed by atoms with Gasteiger partial charge in [0.1, 0.15) is 29.8 Å². The Morgan fingerprint density at radius 1 is 1.12 bits per heavy atom. The minimum Gasteiger partial charge on any atom is -0.489 e. The predicted octanol–water partition coefficient (Wildman–Crippen LogP) is 3.18. The van der Waals surface area contributed by atoms with E-state index in [-0.39, 0.29) is 47.1 Å². The summed E-state index contributed by atoms with van der Waals surface area (Å²) in [7, 11) is -3.34. The maximum absolute atomic E-state index is 13.2. The minimum atomic E-state index is -3.34. The summed E-state index contributed by atoms with van der Waals surface area (Å²) < 4.78 is 42.5. The van der Waals surface area contributed by atoms with Gasteiger partial charge in [-0.3, -0.25) is 14.5 Å². The number of ether oxygens (including phenoxy) is 1. The number of rotatable bonds is 5. The van der Waals surface area contributed by atoms with Gasteiger partial charge in [-0.1, -0.05) is 24.3 Å². The molecule has 7 nitrogen and oxygen atoms in total. The molecule has 0 aromatic heterocycles. The van der Waals surface area contributed by atoms with E-state index in [1.54, 1.807) is 42.5 Å². The molecule has 2 aromatic rings. The molecule has 0 bridgehead atoms. The average molecular weight is 481 g/mol.